The van der Waals surface area contributed by atoms with Gasteiger partial charge in [0.15, 0.2) is 6.61 Å². The van der Waals surface area contributed by atoms with Crippen LogP contribution in [0.2, 0.25) is 0 Å². The second kappa shape index (κ2) is 7.11. The number of nitrogens with zero attached hydrogens (tertiary/aromatic N) is 1. The summed E-state index contributed by atoms with van der Waals surface area (Å²) in [6.45, 7) is 3.94. The molecule has 1 aromatic heterocycles. The molecule has 7 nitrogen and oxygen atoms in total. The molecule has 1 N–H and O–H groups in total. The Labute approximate surface area is 128 Å². The second-order valence-corrected chi connectivity index (χ2v) is 5.58. The van der Waals surface area contributed by atoms with Crippen LogP contribution in [0.15, 0.2) is 22.8 Å². The highest BCUT2D eigenvalue weighted by Gasteiger charge is 2.35. The molecule has 0 aliphatic carbocycles. The lowest BCUT2D eigenvalue weighted by molar-refractivity contribution is -0.152. The first-order chi connectivity index (χ1) is 10.5. The smallest absolute Gasteiger partial charge is 0.311 e. The molecule has 1 atom stereocenters. The topological polar surface area (TPSA) is 88.8 Å². The predicted octanol–water partition coefficient (Wildman–Crippen LogP) is 0.696. The lowest BCUT2D eigenvalue weighted by Crippen LogP contribution is -2.35. The van der Waals surface area contributed by atoms with Crippen molar-refractivity contribution in [2.75, 3.05) is 13.2 Å². The van der Waals surface area contributed by atoms with Gasteiger partial charge in [-0.25, -0.2) is 0 Å². The average molecular weight is 308 g/mol. The molecular formula is C15H20N2O5. The molecule has 120 valence electrons. The van der Waals surface area contributed by atoms with Gasteiger partial charge in [-0.3, -0.25) is 14.4 Å². The second-order valence-electron chi connectivity index (χ2n) is 5.58. The largest absolute Gasteiger partial charge is 0.467 e. The molecule has 2 heterocycles. The van der Waals surface area contributed by atoms with Gasteiger partial charge in [-0.05, 0) is 26.0 Å². The van der Waals surface area contributed by atoms with Gasteiger partial charge in [0.05, 0.1) is 18.7 Å². The number of esters is 1. The van der Waals surface area contributed by atoms with Crippen molar-refractivity contribution >= 4 is 17.8 Å². The van der Waals surface area contributed by atoms with Gasteiger partial charge in [-0.1, -0.05) is 0 Å². The van der Waals surface area contributed by atoms with Crippen LogP contribution in [0.1, 0.15) is 26.0 Å². The van der Waals surface area contributed by atoms with Crippen LogP contribution < -0.4 is 5.32 Å². The molecule has 2 rings (SSSR count). The summed E-state index contributed by atoms with van der Waals surface area (Å²) in [7, 11) is 0. The van der Waals surface area contributed by atoms with Gasteiger partial charge in [0.1, 0.15) is 5.76 Å². The van der Waals surface area contributed by atoms with E-state index in [-0.39, 0.29) is 37.4 Å². The van der Waals surface area contributed by atoms with E-state index < -0.39 is 11.9 Å². The monoisotopic (exact) mass is 308 g/mol. The summed E-state index contributed by atoms with van der Waals surface area (Å²) in [5.41, 5.74) is 0. The highest BCUT2D eigenvalue weighted by atomic mass is 16.5. The molecular weight excluding hydrogens is 288 g/mol. The number of amides is 2. The van der Waals surface area contributed by atoms with Gasteiger partial charge in [0, 0.05) is 19.0 Å². The number of carbonyl (C=O) groups excluding carboxylic acids is 3. The van der Waals surface area contributed by atoms with Crippen molar-refractivity contribution in [3.63, 3.8) is 0 Å². The maximum absolute atomic E-state index is 11.9. The Morgan fingerprint density at radius 3 is 2.91 bits per heavy atom. The Kier molecular flexibility index (Phi) is 5.19. The van der Waals surface area contributed by atoms with Crippen LogP contribution in [0, 0.1) is 5.92 Å². The Balaban J connectivity index is 1.79. The third-order valence-corrected chi connectivity index (χ3v) is 3.27. The summed E-state index contributed by atoms with van der Waals surface area (Å²) in [5.74, 6) is -0.854. The molecule has 0 spiro atoms. The molecule has 1 aromatic rings. The van der Waals surface area contributed by atoms with Crippen molar-refractivity contribution in [1.29, 1.82) is 0 Å². The van der Waals surface area contributed by atoms with Crippen LogP contribution in [0.4, 0.5) is 0 Å². The lowest BCUT2D eigenvalue weighted by Gasteiger charge is -2.15. The maximum Gasteiger partial charge on any atom is 0.311 e. The third-order valence-electron chi connectivity index (χ3n) is 3.27. The molecule has 2 amide bonds. The molecule has 1 saturated heterocycles. The molecule has 1 aliphatic heterocycles. The lowest BCUT2D eigenvalue weighted by atomic mass is 10.1. The van der Waals surface area contributed by atoms with Gasteiger partial charge >= 0.3 is 5.97 Å². The third kappa shape index (κ3) is 4.34. The van der Waals surface area contributed by atoms with Crippen molar-refractivity contribution in [1.82, 2.24) is 10.2 Å². The van der Waals surface area contributed by atoms with Crippen molar-refractivity contribution in [3.05, 3.63) is 24.2 Å². The zero-order valence-electron chi connectivity index (χ0n) is 12.7. The zero-order chi connectivity index (χ0) is 16.1. The van der Waals surface area contributed by atoms with E-state index in [1.165, 1.54) is 6.26 Å². The first kappa shape index (κ1) is 16.1. The quantitative estimate of drug-likeness (QED) is 0.781. The summed E-state index contributed by atoms with van der Waals surface area (Å²) < 4.78 is 10.2. The van der Waals surface area contributed by atoms with E-state index in [0.29, 0.717) is 12.3 Å². The first-order valence-electron chi connectivity index (χ1n) is 7.22. The Bertz CT molecular complexity index is 538. The van der Waals surface area contributed by atoms with E-state index >= 15 is 0 Å². The van der Waals surface area contributed by atoms with Crippen LogP contribution in [0.25, 0.3) is 0 Å². The fourth-order valence-corrected chi connectivity index (χ4v) is 2.29. The van der Waals surface area contributed by atoms with Gasteiger partial charge in [0.25, 0.3) is 5.91 Å². The molecule has 0 radical (unpaired) electrons. The van der Waals surface area contributed by atoms with E-state index in [4.69, 9.17) is 9.15 Å². The molecule has 0 unspecified atom stereocenters. The van der Waals surface area contributed by atoms with Crippen molar-refractivity contribution in [2.24, 2.45) is 5.92 Å². The summed E-state index contributed by atoms with van der Waals surface area (Å²) in [6, 6.07) is 3.51. The number of rotatable bonds is 6. The maximum atomic E-state index is 11.9. The van der Waals surface area contributed by atoms with Gasteiger partial charge < -0.3 is 19.4 Å². The van der Waals surface area contributed by atoms with Crippen molar-refractivity contribution in [2.45, 2.75) is 32.9 Å². The highest BCUT2D eigenvalue weighted by Crippen LogP contribution is 2.21. The predicted molar refractivity (Wildman–Crippen MR) is 76.5 cm³/mol. The normalized spacial score (nSPS) is 17.9. The minimum Gasteiger partial charge on any atom is -0.467 e. The molecule has 0 saturated carbocycles. The summed E-state index contributed by atoms with van der Waals surface area (Å²) >= 11 is 0. The SMILES string of the molecule is CC(C)NC(=O)COC(=O)[C@H]1CC(=O)N(Cc2ccco2)C1. The van der Waals surface area contributed by atoms with Crippen LogP contribution in [0.3, 0.4) is 0 Å². The van der Waals surface area contributed by atoms with E-state index in [1.807, 2.05) is 13.8 Å². The molecule has 22 heavy (non-hydrogen) atoms. The fraction of sp³-hybridized carbons (Fsp3) is 0.533. The number of carbonyl (C=O) groups is 3. The number of hydrogen-bond donors (Lipinski definition) is 1. The first-order valence-corrected chi connectivity index (χ1v) is 7.22. The van der Waals surface area contributed by atoms with Crippen LogP contribution in [-0.4, -0.2) is 41.9 Å². The van der Waals surface area contributed by atoms with Crippen molar-refractivity contribution < 1.29 is 23.5 Å². The summed E-state index contributed by atoms with van der Waals surface area (Å²) in [4.78, 5) is 36.8. The highest BCUT2D eigenvalue weighted by molar-refractivity contribution is 5.88. The van der Waals surface area contributed by atoms with E-state index in [0.717, 1.165) is 0 Å². The molecule has 1 aliphatic rings. The van der Waals surface area contributed by atoms with E-state index in [9.17, 15) is 14.4 Å². The number of hydrogen-bond acceptors (Lipinski definition) is 5. The molecule has 1 fully saturated rings. The van der Waals surface area contributed by atoms with E-state index in [1.54, 1.807) is 17.0 Å². The Morgan fingerprint density at radius 1 is 1.50 bits per heavy atom. The molecule has 7 heteroatoms. The Hall–Kier alpha value is -2.31. The number of likely N-dealkylation sites (tertiary alicyclic amines) is 1. The van der Waals surface area contributed by atoms with Crippen LogP contribution >= 0.6 is 0 Å². The number of furan rings is 1. The molecule has 0 aromatic carbocycles. The molecule has 0 bridgehead atoms. The number of nitrogens with one attached hydrogen (secondary N) is 1. The van der Waals surface area contributed by atoms with Gasteiger partial charge in [0.2, 0.25) is 5.91 Å². The van der Waals surface area contributed by atoms with Crippen LogP contribution in [-0.2, 0) is 25.7 Å². The Morgan fingerprint density at radius 2 is 2.27 bits per heavy atom. The standard InChI is InChI=1S/C15H20N2O5/c1-10(2)16-13(18)9-22-15(20)11-6-14(19)17(7-11)8-12-4-3-5-21-12/h3-5,10-11H,6-9H2,1-2H3,(H,16,18)/t11-/m0/s1. The zero-order valence-corrected chi connectivity index (χ0v) is 12.7. The summed E-state index contributed by atoms with van der Waals surface area (Å²) in [5, 5.41) is 2.63. The minimum atomic E-state index is -0.533. The van der Waals surface area contributed by atoms with Crippen LogP contribution in [0.5, 0.6) is 0 Å². The van der Waals surface area contributed by atoms with Gasteiger partial charge in [-0.2, -0.15) is 0 Å². The van der Waals surface area contributed by atoms with Crippen molar-refractivity contribution in [3.8, 4) is 0 Å². The fourth-order valence-electron chi connectivity index (χ4n) is 2.29. The minimum absolute atomic E-state index is 0.0111. The van der Waals surface area contributed by atoms with Gasteiger partial charge in [-0.15, -0.1) is 0 Å². The average Bonchev–Trinajstić information content (AvgIpc) is 3.06. The summed E-state index contributed by atoms with van der Waals surface area (Å²) in [6.07, 6.45) is 1.64. The number of ether oxygens (including phenoxy) is 1. The van der Waals surface area contributed by atoms with E-state index in [2.05, 4.69) is 5.32 Å².